The molecule has 2 aromatic rings. The highest BCUT2D eigenvalue weighted by Crippen LogP contribution is 2.37. The third-order valence-electron chi connectivity index (χ3n) is 2.31. The van der Waals surface area contributed by atoms with Crippen molar-refractivity contribution in [3.8, 4) is 17.3 Å². The molecule has 0 aliphatic rings. The smallest absolute Gasteiger partial charge is 0.222 e. The quantitative estimate of drug-likeness (QED) is 0.787. The lowest BCUT2D eigenvalue weighted by atomic mass is 10.1. The van der Waals surface area contributed by atoms with Crippen LogP contribution in [0.2, 0.25) is 15.1 Å². The molecule has 0 aliphatic heterocycles. The number of nitrogens with two attached hydrogens (primary N) is 2. The van der Waals surface area contributed by atoms with Gasteiger partial charge in [-0.2, -0.15) is 10.2 Å². The van der Waals surface area contributed by atoms with Crippen molar-refractivity contribution in [1.82, 2.24) is 9.97 Å². The number of halogens is 3. The number of aromatic nitrogens is 2. The van der Waals surface area contributed by atoms with E-state index in [2.05, 4.69) is 9.97 Å². The molecule has 1 aromatic carbocycles. The maximum atomic E-state index is 9.12. The number of nitrogen functional groups attached to an aromatic ring is 2. The summed E-state index contributed by atoms with van der Waals surface area (Å²) in [4.78, 5) is 7.70. The van der Waals surface area contributed by atoms with Gasteiger partial charge in [0.05, 0.1) is 15.7 Å². The molecular formula is C11H6Cl3N5. The second-order valence-corrected chi connectivity index (χ2v) is 4.77. The van der Waals surface area contributed by atoms with Crippen LogP contribution in [0.1, 0.15) is 5.56 Å². The molecule has 0 spiro atoms. The largest absolute Gasteiger partial charge is 0.382 e. The molecule has 0 bridgehead atoms. The minimum atomic E-state index is -0.0707. The minimum Gasteiger partial charge on any atom is -0.382 e. The number of rotatable bonds is 1. The summed E-state index contributed by atoms with van der Waals surface area (Å²) in [5.41, 5.74) is 11.8. The van der Waals surface area contributed by atoms with Crippen LogP contribution in [0.15, 0.2) is 12.1 Å². The normalized spacial score (nSPS) is 10.2. The lowest BCUT2D eigenvalue weighted by Gasteiger charge is -2.09. The second kappa shape index (κ2) is 5.10. The maximum Gasteiger partial charge on any atom is 0.222 e. The van der Waals surface area contributed by atoms with Gasteiger partial charge in [0.2, 0.25) is 5.95 Å². The Morgan fingerprint density at radius 2 is 1.79 bits per heavy atom. The third kappa shape index (κ3) is 2.51. The molecule has 0 saturated carbocycles. The van der Waals surface area contributed by atoms with Gasteiger partial charge in [0, 0.05) is 10.6 Å². The van der Waals surface area contributed by atoms with E-state index in [1.54, 1.807) is 0 Å². The van der Waals surface area contributed by atoms with Crippen LogP contribution in [0.3, 0.4) is 0 Å². The van der Waals surface area contributed by atoms with Gasteiger partial charge in [0.15, 0.2) is 0 Å². The van der Waals surface area contributed by atoms with E-state index < -0.39 is 0 Å². The van der Waals surface area contributed by atoms with E-state index in [-0.39, 0.29) is 33.1 Å². The first-order valence-corrected chi connectivity index (χ1v) is 6.05. The van der Waals surface area contributed by atoms with Crippen molar-refractivity contribution < 1.29 is 0 Å². The molecule has 0 amide bonds. The molecule has 4 N–H and O–H groups in total. The van der Waals surface area contributed by atoms with Gasteiger partial charge in [0.1, 0.15) is 17.5 Å². The Bertz CT molecular complexity index is 708. The fraction of sp³-hybridized carbons (Fsp3) is 0. The molecule has 2 rings (SSSR count). The monoisotopic (exact) mass is 313 g/mol. The topological polar surface area (TPSA) is 102 Å². The van der Waals surface area contributed by atoms with Gasteiger partial charge in [-0.1, -0.05) is 34.8 Å². The van der Waals surface area contributed by atoms with Gasteiger partial charge < -0.3 is 11.5 Å². The fourth-order valence-corrected chi connectivity index (χ4v) is 2.22. The summed E-state index contributed by atoms with van der Waals surface area (Å²) in [6, 6.07) is 4.91. The van der Waals surface area contributed by atoms with Crippen molar-refractivity contribution in [3.63, 3.8) is 0 Å². The van der Waals surface area contributed by atoms with Crippen molar-refractivity contribution >= 4 is 46.6 Å². The number of hydrogen-bond acceptors (Lipinski definition) is 5. The van der Waals surface area contributed by atoms with Gasteiger partial charge >= 0.3 is 0 Å². The molecule has 96 valence electrons. The zero-order valence-corrected chi connectivity index (χ0v) is 11.6. The van der Waals surface area contributed by atoms with Gasteiger partial charge in [-0.05, 0) is 12.1 Å². The molecule has 0 atom stereocenters. The first-order valence-electron chi connectivity index (χ1n) is 4.92. The van der Waals surface area contributed by atoms with Crippen LogP contribution in [0.5, 0.6) is 0 Å². The summed E-state index contributed by atoms with van der Waals surface area (Å²) < 4.78 is 0. The Balaban J connectivity index is 2.83. The van der Waals surface area contributed by atoms with Crippen molar-refractivity contribution in [2.45, 2.75) is 0 Å². The Kier molecular flexibility index (Phi) is 3.67. The molecule has 5 nitrogen and oxygen atoms in total. The van der Waals surface area contributed by atoms with Crippen molar-refractivity contribution in [3.05, 3.63) is 32.8 Å². The van der Waals surface area contributed by atoms with Crippen molar-refractivity contribution in [2.75, 3.05) is 11.5 Å². The summed E-state index contributed by atoms with van der Waals surface area (Å²) in [5.74, 6) is -0.101. The summed E-state index contributed by atoms with van der Waals surface area (Å²) in [6.07, 6.45) is 0. The number of nitrogens with zero attached hydrogens (tertiary/aromatic N) is 3. The van der Waals surface area contributed by atoms with E-state index in [0.717, 1.165) is 0 Å². The van der Waals surface area contributed by atoms with Crippen LogP contribution >= 0.6 is 34.8 Å². The Labute approximate surface area is 123 Å². The molecule has 1 aromatic heterocycles. The maximum absolute atomic E-state index is 9.12. The highest BCUT2D eigenvalue weighted by molar-refractivity contribution is 6.45. The van der Waals surface area contributed by atoms with Gasteiger partial charge in [-0.25, -0.2) is 4.98 Å². The van der Waals surface area contributed by atoms with Crippen LogP contribution in [0.4, 0.5) is 11.8 Å². The zero-order valence-electron chi connectivity index (χ0n) is 9.28. The Hall–Kier alpha value is -1.74. The predicted octanol–water partition coefficient (Wildman–Crippen LogP) is 3.14. The Morgan fingerprint density at radius 3 is 2.42 bits per heavy atom. The van der Waals surface area contributed by atoms with E-state index in [0.29, 0.717) is 10.6 Å². The summed E-state index contributed by atoms with van der Waals surface area (Å²) in [5, 5.41) is 9.92. The molecule has 8 heteroatoms. The number of anilines is 2. The van der Waals surface area contributed by atoms with Crippen LogP contribution < -0.4 is 11.5 Å². The van der Waals surface area contributed by atoms with E-state index >= 15 is 0 Å². The summed E-state index contributed by atoms with van der Waals surface area (Å²) in [7, 11) is 0. The third-order valence-corrected chi connectivity index (χ3v) is 3.33. The van der Waals surface area contributed by atoms with Gasteiger partial charge in [-0.15, -0.1) is 0 Å². The first-order chi connectivity index (χ1) is 8.93. The molecule has 19 heavy (non-hydrogen) atoms. The molecular weight excluding hydrogens is 309 g/mol. The number of hydrogen-bond donors (Lipinski definition) is 2. The van der Waals surface area contributed by atoms with Crippen LogP contribution in [-0.2, 0) is 0 Å². The number of nitriles is 1. The SMILES string of the molecule is N#Cc1c(N)nc(N)nc1-c1cc(Cl)cc(Cl)c1Cl. The highest BCUT2D eigenvalue weighted by Gasteiger charge is 2.17. The Morgan fingerprint density at radius 1 is 1.11 bits per heavy atom. The molecule has 0 fully saturated rings. The van der Waals surface area contributed by atoms with Gasteiger partial charge in [0.25, 0.3) is 0 Å². The summed E-state index contributed by atoms with van der Waals surface area (Å²) >= 11 is 17.9. The molecule has 0 aliphatic carbocycles. The van der Waals surface area contributed by atoms with Crippen molar-refractivity contribution in [1.29, 1.82) is 5.26 Å². The standard InChI is InChI=1S/C11H6Cl3N5/c12-4-1-5(8(14)7(13)2-4)9-6(3-15)10(16)19-11(17)18-9/h1-2H,(H4,16,17,18,19). The summed E-state index contributed by atoms with van der Waals surface area (Å²) in [6.45, 7) is 0. The van der Waals surface area contributed by atoms with E-state index in [1.807, 2.05) is 6.07 Å². The van der Waals surface area contributed by atoms with E-state index in [9.17, 15) is 0 Å². The average molecular weight is 315 g/mol. The second-order valence-electron chi connectivity index (χ2n) is 3.55. The van der Waals surface area contributed by atoms with Crippen LogP contribution in [0.25, 0.3) is 11.3 Å². The van der Waals surface area contributed by atoms with Gasteiger partial charge in [-0.3, -0.25) is 0 Å². The highest BCUT2D eigenvalue weighted by atomic mass is 35.5. The molecule has 0 radical (unpaired) electrons. The van der Waals surface area contributed by atoms with E-state index in [4.69, 9.17) is 51.5 Å². The average Bonchev–Trinajstić information content (AvgIpc) is 2.33. The number of benzene rings is 1. The lowest BCUT2D eigenvalue weighted by Crippen LogP contribution is -2.05. The zero-order chi connectivity index (χ0) is 14.2. The van der Waals surface area contributed by atoms with Crippen molar-refractivity contribution in [2.24, 2.45) is 0 Å². The first kappa shape index (κ1) is 13.7. The molecule has 0 saturated heterocycles. The van der Waals surface area contributed by atoms with Crippen LogP contribution in [-0.4, -0.2) is 9.97 Å². The van der Waals surface area contributed by atoms with Crippen LogP contribution in [0, 0.1) is 11.3 Å². The minimum absolute atomic E-state index is 0.0304. The molecule has 1 heterocycles. The van der Waals surface area contributed by atoms with E-state index in [1.165, 1.54) is 12.1 Å². The molecule has 0 unspecified atom stereocenters. The predicted molar refractivity (Wildman–Crippen MR) is 76.0 cm³/mol. The lowest BCUT2D eigenvalue weighted by molar-refractivity contribution is 1.18. The fourth-order valence-electron chi connectivity index (χ4n) is 1.53.